The predicted molar refractivity (Wildman–Crippen MR) is 137 cm³/mol. The first-order chi connectivity index (χ1) is 16.2. The maximum atomic E-state index is 13.7. The van der Waals surface area contributed by atoms with Gasteiger partial charge in [-0.25, -0.2) is 4.99 Å². The molecule has 6 rings (SSSR count). The van der Waals surface area contributed by atoms with Crippen LogP contribution in [0.2, 0.25) is 0 Å². The summed E-state index contributed by atoms with van der Waals surface area (Å²) in [6, 6.07) is 27.1. The Kier molecular flexibility index (Phi) is 5.16. The van der Waals surface area contributed by atoms with Crippen LogP contribution in [0.15, 0.2) is 99.1 Å². The molecule has 2 aliphatic rings. The van der Waals surface area contributed by atoms with E-state index < -0.39 is 0 Å². The van der Waals surface area contributed by atoms with E-state index in [4.69, 9.17) is 4.99 Å². The second-order valence-corrected chi connectivity index (χ2v) is 10.2. The average Bonchev–Trinajstić information content (AvgIpc) is 3.18. The van der Waals surface area contributed by atoms with Crippen molar-refractivity contribution in [2.24, 2.45) is 4.99 Å². The third-order valence-corrected chi connectivity index (χ3v) is 8.13. The van der Waals surface area contributed by atoms with E-state index >= 15 is 0 Å². The molecular weight excluding hydrogens is 444 g/mol. The minimum Gasteiger partial charge on any atom is -0.272 e. The van der Waals surface area contributed by atoms with Gasteiger partial charge in [-0.05, 0) is 59.6 Å². The molecule has 4 aromatic rings. The fourth-order valence-electron chi connectivity index (χ4n) is 4.81. The first-order valence-corrected chi connectivity index (χ1v) is 13.1. The minimum atomic E-state index is -0.126. The summed E-state index contributed by atoms with van der Waals surface area (Å²) in [5.74, 6) is 0. The lowest BCUT2D eigenvalue weighted by Crippen LogP contribution is -2.38. The van der Waals surface area contributed by atoms with E-state index in [-0.39, 0.29) is 11.6 Å². The molecule has 0 fully saturated rings. The largest absolute Gasteiger partial charge is 0.272 e. The molecule has 0 saturated carbocycles. The smallest absolute Gasteiger partial charge is 0.271 e. The molecule has 3 aromatic carbocycles. The number of hydrogen-bond acceptors (Lipinski definition) is 4. The normalized spacial score (nSPS) is 17.2. The molecule has 1 aliphatic carbocycles. The second kappa shape index (κ2) is 8.32. The number of aromatic nitrogens is 1. The Morgan fingerprint density at radius 1 is 0.970 bits per heavy atom. The van der Waals surface area contributed by atoms with Gasteiger partial charge in [0.2, 0.25) is 0 Å². The quantitative estimate of drug-likeness (QED) is 0.397. The summed E-state index contributed by atoms with van der Waals surface area (Å²) in [7, 11) is 0. The maximum Gasteiger partial charge on any atom is 0.271 e. The van der Waals surface area contributed by atoms with Gasteiger partial charge in [0.05, 0.1) is 16.3 Å². The van der Waals surface area contributed by atoms with E-state index in [1.54, 1.807) is 11.8 Å². The van der Waals surface area contributed by atoms with Crippen LogP contribution in [-0.4, -0.2) is 10.8 Å². The molecule has 1 aromatic heterocycles. The number of hydrogen-bond donors (Lipinski definition) is 0. The van der Waals surface area contributed by atoms with Crippen LogP contribution < -0.4 is 14.9 Å². The molecule has 1 atom stereocenters. The van der Waals surface area contributed by atoms with Crippen LogP contribution in [-0.2, 0) is 6.42 Å². The monoisotopic (exact) mass is 466 g/mol. The maximum absolute atomic E-state index is 13.7. The molecule has 162 valence electrons. The molecule has 1 aliphatic heterocycles. The summed E-state index contributed by atoms with van der Waals surface area (Å²) in [5, 5.41) is 0. The highest BCUT2D eigenvalue weighted by Crippen LogP contribution is 2.41. The number of thioether (sulfide) groups is 1. The summed E-state index contributed by atoms with van der Waals surface area (Å²) < 4.78 is 2.64. The first-order valence-electron chi connectivity index (χ1n) is 11.0. The summed E-state index contributed by atoms with van der Waals surface area (Å²) in [5.41, 5.74) is 7.02. The van der Waals surface area contributed by atoms with Crippen molar-refractivity contribution in [3.63, 3.8) is 0 Å². The van der Waals surface area contributed by atoms with Gasteiger partial charge in [0, 0.05) is 10.5 Å². The Hall–Kier alpha value is -3.15. The van der Waals surface area contributed by atoms with Crippen LogP contribution in [0.4, 0.5) is 0 Å². The van der Waals surface area contributed by atoms with Crippen molar-refractivity contribution in [1.82, 2.24) is 4.57 Å². The molecule has 1 unspecified atom stereocenters. The Balaban J connectivity index is 1.62. The van der Waals surface area contributed by atoms with Crippen LogP contribution in [0.3, 0.4) is 0 Å². The van der Waals surface area contributed by atoms with Gasteiger partial charge in [0.1, 0.15) is 0 Å². The lowest BCUT2D eigenvalue weighted by atomic mass is 9.83. The predicted octanol–water partition coefficient (Wildman–Crippen LogP) is 5.04. The number of allylic oxidation sites excluding steroid dienone is 1. The van der Waals surface area contributed by atoms with Gasteiger partial charge in [-0.2, -0.15) is 0 Å². The summed E-state index contributed by atoms with van der Waals surface area (Å²) in [6.07, 6.45) is 5.94. The van der Waals surface area contributed by atoms with Gasteiger partial charge in [-0.15, -0.1) is 11.8 Å². The van der Waals surface area contributed by atoms with Crippen molar-refractivity contribution in [3.8, 4) is 0 Å². The topological polar surface area (TPSA) is 34.4 Å². The number of rotatable bonds is 3. The zero-order valence-electron chi connectivity index (χ0n) is 18.2. The summed E-state index contributed by atoms with van der Waals surface area (Å²) in [4.78, 5) is 20.8. The highest BCUT2D eigenvalue weighted by Gasteiger charge is 2.32. The molecule has 5 heteroatoms. The third-order valence-electron chi connectivity index (χ3n) is 6.40. The number of nitrogens with zero attached hydrogens (tertiary/aromatic N) is 2. The van der Waals surface area contributed by atoms with E-state index in [0.29, 0.717) is 0 Å². The number of benzene rings is 3. The Morgan fingerprint density at radius 3 is 2.52 bits per heavy atom. The van der Waals surface area contributed by atoms with E-state index in [2.05, 4.69) is 54.8 Å². The standard InChI is InChI=1S/C28H22N2OS2/c1-32-21-14-11-20(12-15-21)26-23-16-13-19-9-5-6-10-22(19)25(23)29-28-30(26)27(31)24(33-28)17-18-7-3-2-4-8-18/h2-12,14-15,17,26H,13,16H2,1H3. The Labute approximate surface area is 200 Å². The summed E-state index contributed by atoms with van der Waals surface area (Å²) in [6.45, 7) is 0. The van der Waals surface area contributed by atoms with E-state index in [1.165, 1.54) is 32.9 Å². The molecule has 0 amide bonds. The fraction of sp³-hybridized carbons (Fsp3) is 0.143. The highest BCUT2D eigenvalue weighted by molar-refractivity contribution is 7.98. The number of thiazole rings is 1. The van der Waals surface area contributed by atoms with Crippen molar-refractivity contribution < 1.29 is 0 Å². The lowest BCUT2D eigenvalue weighted by molar-refractivity contribution is 0.585. The Bertz CT molecular complexity index is 1560. The van der Waals surface area contributed by atoms with Gasteiger partial charge in [0.15, 0.2) is 4.80 Å². The lowest BCUT2D eigenvalue weighted by Gasteiger charge is -2.30. The van der Waals surface area contributed by atoms with Crippen molar-refractivity contribution in [1.29, 1.82) is 0 Å². The molecule has 33 heavy (non-hydrogen) atoms. The van der Waals surface area contributed by atoms with Crippen molar-refractivity contribution >= 4 is 34.9 Å². The minimum absolute atomic E-state index is 0.0342. The van der Waals surface area contributed by atoms with E-state index in [9.17, 15) is 4.79 Å². The SMILES string of the molecule is CSc1ccc(C2C3=C(N=c4sc(=Cc5ccccc5)c(=O)n42)c2ccccc2CC3)cc1. The molecule has 2 heterocycles. The summed E-state index contributed by atoms with van der Waals surface area (Å²) >= 11 is 3.21. The molecule has 0 saturated heterocycles. The van der Waals surface area contributed by atoms with Gasteiger partial charge in [-0.3, -0.25) is 9.36 Å². The molecule has 0 radical (unpaired) electrons. The van der Waals surface area contributed by atoms with Gasteiger partial charge in [0.25, 0.3) is 5.56 Å². The van der Waals surface area contributed by atoms with Crippen molar-refractivity contribution in [3.05, 3.63) is 126 Å². The van der Waals surface area contributed by atoms with E-state index in [0.717, 1.165) is 39.0 Å². The van der Waals surface area contributed by atoms with Crippen molar-refractivity contribution in [2.75, 3.05) is 6.26 Å². The fourth-order valence-corrected chi connectivity index (χ4v) is 6.22. The zero-order valence-corrected chi connectivity index (χ0v) is 19.8. The third kappa shape index (κ3) is 3.52. The van der Waals surface area contributed by atoms with Gasteiger partial charge in [-0.1, -0.05) is 78.1 Å². The van der Waals surface area contributed by atoms with Crippen LogP contribution in [0.1, 0.15) is 34.7 Å². The second-order valence-electron chi connectivity index (χ2n) is 8.30. The zero-order chi connectivity index (χ0) is 22.4. The molecule has 0 bridgehead atoms. The first kappa shape index (κ1) is 20.5. The van der Waals surface area contributed by atoms with Crippen LogP contribution in [0.5, 0.6) is 0 Å². The van der Waals surface area contributed by atoms with Gasteiger partial charge < -0.3 is 0 Å². The van der Waals surface area contributed by atoms with Crippen LogP contribution in [0.25, 0.3) is 11.8 Å². The molecule has 0 N–H and O–H groups in total. The average molecular weight is 467 g/mol. The number of fused-ring (bicyclic) bond motifs is 3. The van der Waals surface area contributed by atoms with Gasteiger partial charge >= 0.3 is 0 Å². The van der Waals surface area contributed by atoms with Crippen molar-refractivity contribution in [2.45, 2.75) is 23.8 Å². The Morgan fingerprint density at radius 2 is 1.73 bits per heavy atom. The van der Waals surface area contributed by atoms with Crippen LogP contribution in [0, 0.1) is 0 Å². The molecule has 0 spiro atoms. The highest BCUT2D eigenvalue weighted by atomic mass is 32.2. The van der Waals surface area contributed by atoms with E-state index in [1.807, 2.05) is 41.0 Å². The number of aryl methyl sites for hydroxylation is 1. The van der Waals surface area contributed by atoms with Crippen LogP contribution >= 0.6 is 23.1 Å². The molecule has 3 nitrogen and oxygen atoms in total. The molecular formula is C28H22N2OS2.